The van der Waals surface area contributed by atoms with Crippen molar-refractivity contribution in [2.45, 2.75) is 58.4 Å². The van der Waals surface area contributed by atoms with E-state index in [1.807, 2.05) is 35.2 Å². The Bertz CT molecular complexity index is 910. The summed E-state index contributed by atoms with van der Waals surface area (Å²) in [7, 11) is 0. The lowest BCUT2D eigenvalue weighted by molar-refractivity contribution is -0.179. The first-order valence-corrected chi connectivity index (χ1v) is 10.4. The van der Waals surface area contributed by atoms with Crippen LogP contribution in [0.4, 0.5) is 0 Å². The van der Waals surface area contributed by atoms with Crippen molar-refractivity contribution in [2.75, 3.05) is 13.2 Å². The number of ether oxygens (including phenoxy) is 4. The van der Waals surface area contributed by atoms with Gasteiger partial charge in [0.05, 0.1) is 17.3 Å². The first-order valence-electron chi connectivity index (χ1n) is 10.4. The molecule has 3 atom stereocenters. The highest BCUT2D eigenvalue weighted by Crippen LogP contribution is 2.36. The fourth-order valence-corrected chi connectivity index (χ4v) is 4.11. The molecule has 1 aromatic rings. The second-order valence-electron chi connectivity index (χ2n) is 7.75. The molecule has 2 aliphatic heterocycles. The van der Waals surface area contributed by atoms with Crippen molar-refractivity contribution < 1.29 is 38.1 Å². The molecule has 0 unspecified atom stereocenters. The van der Waals surface area contributed by atoms with Crippen LogP contribution >= 0.6 is 0 Å². The molecular formula is C23H27NO8. The average molecular weight is 445 g/mol. The third-order valence-corrected chi connectivity index (χ3v) is 5.38. The number of hydrogen-bond donors (Lipinski definition) is 0. The standard InChI is InChI=1S/C23H27NO8/c1-14(25)29-13-21(31-15(2)26)22(32-16(3)27)19-10-9-18-20(12-30-23(18)28)24(19)11-17-7-5-4-6-8-17/h4-8,19,21-22H,9-13H2,1-3H3/t19-,21+,22-/m0/s1. The Balaban J connectivity index is 1.98. The Labute approximate surface area is 186 Å². The van der Waals surface area contributed by atoms with Crippen molar-refractivity contribution in [1.29, 1.82) is 0 Å². The number of rotatable bonds is 8. The lowest BCUT2D eigenvalue weighted by atomic mass is 9.90. The molecule has 0 saturated carbocycles. The molecule has 0 aliphatic carbocycles. The van der Waals surface area contributed by atoms with Crippen molar-refractivity contribution >= 4 is 23.9 Å². The van der Waals surface area contributed by atoms with Gasteiger partial charge in [-0.15, -0.1) is 0 Å². The maximum Gasteiger partial charge on any atom is 0.336 e. The topological polar surface area (TPSA) is 108 Å². The van der Waals surface area contributed by atoms with Gasteiger partial charge < -0.3 is 23.8 Å². The molecule has 0 radical (unpaired) electrons. The quantitative estimate of drug-likeness (QED) is 0.438. The van der Waals surface area contributed by atoms with Gasteiger partial charge in [0.2, 0.25) is 0 Å². The maximum atomic E-state index is 12.2. The minimum atomic E-state index is -1.01. The van der Waals surface area contributed by atoms with Crippen LogP contribution in [-0.4, -0.2) is 60.2 Å². The predicted molar refractivity (Wildman–Crippen MR) is 111 cm³/mol. The van der Waals surface area contributed by atoms with E-state index in [9.17, 15) is 19.2 Å². The molecular weight excluding hydrogens is 418 g/mol. The predicted octanol–water partition coefficient (Wildman–Crippen LogP) is 1.89. The largest absolute Gasteiger partial charge is 0.462 e. The Morgan fingerprint density at radius 1 is 1.06 bits per heavy atom. The SMILES string of the molecule is CC(=O)OC[C@@H](OC(C)=O)[C@@H](OC(C)=O)[C@@H]1CCC2=C(COC2=O)N1Cc1ccccc1. The Hall–Kier alpha value is -3.36. The number of carbonyl (C=O) groups is 4. The highest BCUT2D eigenvalue weighted by atomic mass is 16.6. The van der Waals surface area contributed by atoms with E-state index in [2.05, 4.69) is 0 Å². The molecule has 0 N–H and O–H groups in total. The molecule has 172 valence electrons. The van der Waals surface area contributed by atoms with Crippen LogP contribution in [0.15, 0.2) is 41.6 Å². The summed E-state index contributed by atoms with van der Waals surface area (Å²) in [6.07, 6.45) is -1.05. The summed E-state index contributed by atoms with van der Waals surface area (Å²) in [5.41, 5.74) is 2.31. The smallest absolute Gasteiger partial charge is 0.336 e. The molecule has 0 amide bonds. The van der Waals surface area contributed by atoms with E-state index in [0.29, 0.717) is 25.0 Å². The fraction of sp³-hybridized carbons (Fsp3) is 0.478. The number of esters is 4. The summed E-state index contributed by atoms with van der Waals surface area (Å²) in [5, 5.41) is 0. The number of hydrogen-bond acceptors (Lipinski definition) is 9. The van der Waals surface area contributed by atoms with Gasteiger partial charge in [0.25, 0.3) is 0 Å². The van der Waals surface area contributed by atoms with Gasteiger partial charge in [0, 0.05) is 27.3 Å². The Morgan fingerprint density at radius 3 is 2.38 bits per heavy atom. The van der Waals surface area contributed by atoms with E-state index >= 15 is 0 Å². The van der Waals surface area contributed by atoms with Gasteiger partial charge in [0.15, 0.2) is 12.2 Å². The van der Waals surface area contributed by atoms with Gasteiger partial charge in [0.1, 0.15) is 13.2 Å². The molecule has 1 aromatic carbocycles. The number of benzene rings is 1. The summed E-state index contributed by atoms with van der Waals surface area (Å²) in [6.45, 7) is 4.03. The van der Waals surface area contributed by atoms with Crippen LogP contribution in [0.5, 0.6) is 0 Å². The zero-order valence-corrected chi connectivity index (χ0v) is 18.4. The van der Waals surface area contributed by atoms with Crippen LogP contribution in [-0.2, 0) is 44.7 Å². The van der Waals surface area contributed by atoms with Gasteiger partial charge in [-0.25, -0.2) is 4.79 Å². The van der Waals surface area contributed by atoms with Gasteiger partial charge in [-0.2, -0.15) is 0 Å². The van der Waals surface area contributed by atoms with Crippen molar-refractivity contribution in [3.63, 3.8) is 0 Å². The number of cyclic esters (lactones) is 1. The third-order valence-electron chi connectivity index (χ3n) is 5.38. The number of carbonyl (C=O) groups excluding carboxylic acids is 4. The van der Waals surface area contributed by atoms with Crippen molar-refractivity contribution in [2.24, 2.45) is 0 Å². The number of nitrogens with zero attached hydrogens (tertiary/aromatic N) is 1. The first-order chi connectivity index (χ1) is 15.3. The summed E-state index contributed by atoms with van der Waals surface area (Å²) < 4.78 is 21.4. The zero-order valence-electron chi connectivity index (χ0n) is 18.4. The van der Waals surface area contributed by atoms with E-state index in [-0.39, 0.29) is 19.2 Å². The summed E-state index contributed by atoms with van der Waals surface area (Å²) in [4.78, 5) is 49.3. The minimum Gasteiger partial charge on any atom is -0.462 e. The highest BCUT2D eigenvalue weighted by molar-refractivity contribution is 5.91. The lowest BCUT2D eigenvalue weighted by Crippen LogP contribution is -2.54. The van der Waals surface area contributed by atoms with Gasteiger partial charge >= 0.3 is 23.9 Å². The molecule has 9 nitrogen and oxygen atoms in total. The van der Waals surface area contributed by atoms with Crippen LogP contribution in [0.25, 0.3) is 0 Å². The summed E-state index contributed by atoms with van der Waals surface area (Å²) in [5.74, 6) is -2.05. The van der Waals surface area contributed by atoms with E-state index in [1.165, 1.54) is 20.8 Å². The van der Waals surface area contributed by atoms with Crippen LogP contribution in [0.1, 0.15) is 39.2 Å². The van der Waals surface area contributed by atoms with Crippen molar-refractivity contribution in [3.05, 3.63) is 47.2 Å². The molecule has 0 saturated heterocycles. The second-order valence-corrected chi connectivity index (χ2v) is 7.75. The molecule has 9 heteroatoms. The van der Waals surface area contributed by atoms with Crippen LogP contribution in [0, 0.1) is 0 Å². The fourth-order valence-electron chi connectivity index (χ4n) is 4.11. The summed E-state index contributed by atoms with van der Waals surface area (Å²) in [6, 6.07) is 9.19. The molecule has 0 bridgehead atoms. The Kier molecular flexibility index (Phi) is 7.50. The first kappa shape index (κ1) is 23.3. The molecule has 32 heavy (non-hydrogen) atoms. The highest BCUT2D eigenvalue weighted by Gasteiger charge is 2.44. The molecule has 3 rings (SSSR count). The van der Waals surface area contributed by atoms with Crippen molar-refractivity contribution in [3.8, 4) is 0 Å². The molecule has 0 fully saturated rings. The molecule has 2 heterocycles. The Morgan fingerprint density at radius 2 is 1.75 bits per heavy atom. The summed E-state index contributed by atoms with van der Waals surface area (Å²) >= 11 is 0. The van der Waals surface area contributed by atoms with Crippen LogP contribution < -0.4 is 0 Å². The monoisotopic (exact) mass is 445 g/mol. The average Bonchev–Trinajstić information content (AvgIpc) is 3.11. The normalized spacial score (nSPS) is 19.5. The van der Waals surface area contributed by atoms with Gasteiger partial charge in [-0.3, -0.25) is 14.4 Å². The molecule has 2 aliphatic rings. The zero-order chi connectivity index (χ0) is 23.3. The van der Waals surface area contributed by atoms with E-state index in [0.717, 1.165) is 11.3 Å². The minimum absolute atomic E-state index is 0.118. The van der Waals surface area contributed by atoms with Gasteiger partial charge in [-0.05, 0) is 18.4 Å². The molecule has 0 spiro atoms. The van der Waals surface area contributed by atoms with Crippen LogP contribution in [0.3, 0.4) is 0 Å². The maximum absolute atomic E-state index is 12.2. The second kappa shape index (κ2) is 10.3. The van der Waals surface area contributed by atoms with E-state index in [4.69, 9.17) is 18.9 Å². The van der Waals surface area contributed by atoms with E-state index in [1.54, 1.807) is 0 Å². The van der Waals surface area contributed by atoms with Crippen LogP contribution in [0.2, 0.25) is 0 Å². The lowest BCUT2D eigenvalue weighted by Gasteiger charge is -2.43. The van der Waals surface area contributed by atoms with E-state index < -0.39 is 36.2 Å². The van der Waals surface area contributed by atoms with Gasteiger partial charge in [-0.1, -0.05) is 30.3 Å². The van der Waals surface area contributed by atoms with Crippen molar-refractivity contribution in [1.82, 2.24) is 4.90 Å². The molecule has 0 aromatic heterocycles. The third kappa shape index (κ3) is 5.66.